The molecule has 0 N–H and O–H groups in total. The molecule has 2 aromatic rings. The van der Waals surface area contributed by atoms with E-state index in [-0.39, 0.29) is 24.0 Å². The standard InChI is InChI=1S/C23H28O4/c1-4-23(2,3)22(25)27-19-12-10-17(11-13-19)21(24)26-20-14-9-16-7-5-6-8-18(16)15-20/h5-9,14-15,17,19H,4,10-13H2,1-3H3. The summed E-state index contributed by atoms with van der Waals surface area (Å²) in [4.78, 5) is 24.7. The number of esters is 2. The highest BCUT2D eigenvalue weighted by Crippen LogP contribution is 2.31. The van der Waals surface area contributed by atoms with Crippen LogP contribution in [0.4, 0.5) is 0 Å². The number of rotatable bonds is 5. The van der Waals surface area contributed by atoms with E-state index in [1.807, 2.05) is 63.2 Å². The topological polar surface area (TPSA) is 52.6 Å². The largest absolute Gasteiger partial charge is 0.462 e. The Hall–Kier alpha value is -2.36. The van der Waals surface area contributed by atoms with Crippen LogP contribution in [0.3, 0.4) is 0 Å². The molecule has 144 valence electrons. The molecule has 1 fully saturated rings. The van der Waals surface area contributed by atoms with Crippen LogP contribution >= 0.6 is 0 Å². The van der Waals surface area contributed by atoms with Crippen LogP contribution in [0.2, 0.25) is 0 Å². The fraction of sp³-hybridized carbons (Fsp3) is 0.478. The van der Waals surface area contributed by atoms with Gasteiger partial charge in [0.15, 0.2) is 0 Å². The molecule has 27 heavy (non-hydrogen) atoms. The van der Waals surface area contributed by atoms with E-state index in [9.17, 15) is 9.59 Å². The third kappa shape index (κ3) is 4.68. The number of carbonyl (C=O) groups excluding carboxylic acids is 2. The van der Waals surface area contributed by atoms with Crippen LogP contribution in [-0.2, 0) is 14.3 Å². The SMILES string of the molecule is CCC(C)(C)C(=O)OC1CCC(C(=O)Oc2ccc3ccccc3c2)CC1. The van der Waals surface area contributed by atoms with E-state index >= 15 is 0 Å². The van der Waals surface area contributed by atoms with Gasteiger partial charge >= 0.3 is 11.9 Å². The molecule has 0 atom stereocenters. The van der Waals surface area contributed by atoms with Crippen LogP contribution in [0.1, 0.15) is 52.9 Å². The van der Waals surface area contributed by atoms with E-state index < -0.39 is 5.41 Å². The second kappa shape index (κ2) is 8.12. The zero-order valence-electron chi connectivity index (χ0n) is 16.4. The predicted molar refractivity (Wildman–Crippen MR) is 105 cm³/mol. The van der Waals surface area contributed by atoms with Crippen molar-refractivity contribution in [2.75, 3.05) is 0 Å². The molecule has 3 rings (SSSR count). The van der Waals surface area contributed by atoms with Gasteiger partial charge in [0.2, 0.25) is 0 Å². The molecule has 4 heteroatoms. The van der Waals surface area contributed by atoms with Gasteiger partial charge in [0, 0.05) is 0 Å². The number of fused-ring (bicyclic) bond motifs is 1. The van der Waals surface area contributed by atoms with Crippen molar-refractivity contribution in [2.24, 2.45) is 11.3 Å². The van der Waals surface area contributed by atoms with Gasteiger partial charge in [-0.2, -0.15) is 0 Å². The minimum absolute atomic E-state index is 0.0898. The minimum atomic E-state index is -0.453. The molecule has 0 aromatic heterocycles. The van der Waals surface area contributed by atoms with E-state index in [4.69, 9.17) is 9.47 Å². The van der Waals surface area contributed by atoms with Crippen LogP contribution in [0.25, 0.3) is 10.8 Å². The number of ether oxygens (including phenoxy) is 2. The minimum Gasteiger partial charge on any atom is -0.462 e. The first-order valence-electron chi connectivity index (χ1n) is 9.80. The summed E-state index contributed by atoms with van der Waals surface area (Å²) < 4.78 is 11.3. The van der Waals surface area contributed by atoms with Gasteiger partial charge in [0.25, 0.3) is 0 Å². The van der Waals surface area contributed by atoms with Gasteiger partial charge in [-0.3, -0.25) is 9.59 Å². The maximum atomic E-state index is 12.5. The average Bonchev–Trinajstić information content (AvgIpc) is 2.68. The third-order valence-corrected chi connectivity index (χ3v) is 5.66. The first-order chi connectivity index (χ1) is 12.9. The van der Waals surface area contributed by atoms with Gasteiger partial charge in [0.1, 0.15) is 11.9 Å². The Labute approximate surface area is 160 Å². The molecule has 0 spiro atoms. The highest BCUT2D eigenvalue weighted by Gasteiger charge is 2.33. The summed E-state index contributed by atoms with van der Waals surface area (Å²) in [7, 11) is 0. The predicted octanol–water partition coefficient (Wildman–Crippen LogP) is 5.28. The van der Waals surface area contributed by atoms with E-state index in [0.717, 1.165) is 17.2 Å². The van der Waals surface area contributed by atoms with E-state index in [2.05, 4.69) is 0 Å². The fourth-order valence-electron chi connectivity index (χ4n) is 3.30. The number of hydrogen-bond acceptors (Lipinski definition) is 4. The summed E-state index contributed by atoms with van der Waals surface area (Å²) >= 11 is 0. The molecule has 0 saturated heterocycles. The van der Waals surface area contributed by atoms with Gasteiger partial charge in [-0.15, -0.1) is 0 Å². The lowest BCUT2D eigenvalue weighted by Crippen LogP contribution is -2.34. The molecule has 2 aromatic carbocycles. The van der Waals surface area contributed by atoms with E-state index in [1.165, 1.54) is 0 Å². The summed E-state index contributed by atoms with van der Waals surface area (Å²) in [6, 6.07) is 13.7. The average molecular weight is 368 g/mol. The van der Waals surface area contributed by atoms with Gasteiger partial charge in [-0.05, 0) is 68.9 Å². The maximum Gasteiger partial charge on any atom is 0.314 e. The maximum absolute atomic E-state index is 12.5. The highest BCUT2D eigenvalue weighted by atomic mass is 16.5. The van der Waals surface area contributed by atoms with Crippen molar-refractivity contribution >= 4 is 22.7 Å². The van der Waals surface area contributed by atoms with Crippen LogP contribution in [0.5, 0.6) is 5.75 Å². The number of hydrogen-bond donors (Lipinski definition) is 0. The number of carbonyl (C=O) groups is 2. The van der Waals surface area contributed by atoms with Crippen molar-refractivity contribution in [1.82, 2.24) is 0 Å². The van der Waals surface area contributed by atoms with Gasteiger partial charge in [-0.25, -0.2) is 0 Å². The summed E-state index contributed by atoms with van der Waals surface area (Å²) in [5, 5.41) is 2.17. The molecular weight excluding hydrogens is 340 g/mol. The zero-order chi connectivity index (χ0) is 19.4. The van der Waals surface area contributed by atoms with Crippen molar-refractivity contribution in [3.8, 4) is 5.75 Å². The lowest BCUT2D eigenvalue weighted by atomic mass is 9.86. The van der Waals surface area contributed by atoms with Crippen LogP contribution in [0, 0.1) is 11.3 Å². The quantitative estimate of drug-likeness (QED) is 0.532. The molecule has 1 aliphatic rings. The Kier molecular flexibility index (Phi) is 5.83. The Balaban J connectivity index is 1.53. The van der Waals surface area contributed by atoms with Gasteiger partial charge in [-0.1, -0.05) is 37.3 Å². The smallest absolute Gasteiger partial charge is 0.314 e. The fourth-order valence-corrected chi connectivity index (χ4v) is 3.30. The molecule has 1 saturated carbocycles. The Bertz CT molecular complexity index is 816. The van der Waals surface area contributed by atoms with Crippen LogP contribution in [0.15, 0.2) is 42.5 Å². The monoisotopic (exact) mass is 368 g/mol. The Morgan fingerprint density at radius 2 is 1.67 bits per heavy atom. The summed E-state index contributed by atoms with van der Waals surface area (Å²) in [5.74, 6) is 0.110. The van der Waals surface area contributed by atoms with E-state index in [1.54, 1.807) is 0 Å². The third-order valence-electron chi connectivity index (χ3n) is 5.66. The summed E-state index contributed by atoms with van der Waals surface area (Å²) in [6.07, 6.45) is 3.46. The molecule has 4 nitrogen and oxygen atoms in total. The molecule has 0 heterocycles. The highest BCUT2D eigenvalue weighted by molar-refractivity contribution is 5.85. The molecular formula is C23H28O4. The van der Waals surface area contributed by atoms with Crippen molar-refractivity contribution in [2.45, 2.75) is 59.0 Å². The van der Waals surface area contributed by atoms with Gasteiger partial charge < -0.3 is 9.47 Å². The van der Waals surface area contributed by atoms with Crippen LogP contribution < -0.4 is 4.74 Å². The normalized spacial score (nSPS) is 20.3. The lowest BCUT2D eigenvalue weighted by Gasteiger charge is -2.30. The summed E-state index contributed by atoms with van der Waals surface area (Å²) in [6.45, 7) is 5.80. The second-order valence-corrected chi connectivity index (χ2v) is 8.05. The lowest BCUT2D eigenvalue weighted by molar-refractivity contribution is -0.162. The Morgan fingerprint density at radius 1 is 1.00 bits per heavy atom. The second-order valence-electron chi connectivity index (χ2n) is 8.05. The van der Waals surface area contributed by atoms with Crippen molar-refractivity contribution < 1.29 is 19.1 Å². The molecule has 0 aliphatic heterocycles. The van der Waals surface area contributed by atoms with Crippen molar-refractivity contribution in [3.63, 3.8) is 0 Å². The summed E-state index contributed by atoms with van der Waals surface area (Å²) in [5.41, 5.74) is -0.453. The Morgan fingerprint density at radius 3 is 2.33 bits per heavy atom. The molecule has 0 radical (unpaired) electrons. The first-order valence-corrected chi connectivity index (χ1v) is 9.80. The number of benzene rings is 2. The van der Waals surface area contributed by atoms with Crippen LogP contribution in [-0.4, -0.2) is 18.0 Å². The zero-order valence-corrected chi connectivity index (χ0v) is 16.4. The molecule has 0 unspecified atom stereocenters. The van der Waals surface area contributed by atoms with E-state index in [0.29, 0.717) is 31.4 Å². The molecule has 0 bridgehead atoms. The molecule has 0 amide bonds. The van der Waals surface area contributed by atoms with Crippen molar-refractivity contribution in [3.05, 3.63) is 42.5 Å². The van der Waals surface area contributed by atoms with Crippen molar-refractivity contribution in [1.29, 1.82) is 0 Å². The van der Waals surface area contributed by atoms with Gasteiger partial charge in [0.05, 0.1) is 11.3 Å². The molecule has 1 aliphatic carbocycles. The first kappa shape index (κ1) is 19.4.